The molecule has 1 heterocycles. The molecule has 0 radical (unpaired) electrons. The Labute approximate surface area is 286 Å². The third kappa shape index (κ3) is 4.39. The Morgan fingerprint density at radius 1 is 0.510 bits per heavy atom. The average molecular weight is 626 g/mol. The predicted molar refractivity (Wildman–Crippen MR) is 199 cm³/mol. The zero-order valence-electron chi connectivity index (χ0n) is 27.0. The first-order chi connectivity index (χ1) is 24.2. The Balaban J connectivity index is 1.31. The summed E-state index contributed by atoms with van der Waals surface area (Å²) in [7, 11) is 2.08. The average Bonchev–Trinajstić information content (AvgIpc) is 3.67. The zero-order valence-corrected chi connectivity index (χ0v) is 27.0. The normalized spacial score (nSPS) is 12.7. The van der Waals surface area contributed by atoms with Gasteiger partial charge in [-0.05, 0) is 92.0 Å². The number of aromatic nitrogens is 2. The molecule has 1 aliphatic carbocycles. The molecule has 0 spiro atoms. The van der Waals surface area contributed by atoms with Crippen LogP contribution < -0.4 is 0 Å². The molecule has 7 aromatic carbocycles. The second kappa shape index (κ2) is 11.3. The molecule has 0 amide bonds. The van der Waals surface area contributed by atoms with Crippen LogP contribution in [0.15, 0.2) is 170 Å². The summed E-state index contributed by atoms with van der Waals surface area (Å²) in [6.45, 7) is 0. The minimum absolute atomic E-state index is 0.501. The number of aryl methyl sites for hydroxylation is 1. The Hall–Kier alpha value is -6.50. The topological polar surface area (TPSA) is 41.6 Å². The van der Waals surface area contributed by atoms with E-state index in [-0.39, 0.29) is 0 Å². The zero-order chi connectivity index (χ0) is 33.0. The molecule has 0 aliphatic heterocycles. The van der Waals surface area contributed by atoms with Gasteiger partial charge in [-0.3, -0.25) is 0 Å². The van der Waals surface area contributed by atoms with E-state index in [0.29, 0.717) is 5.56 Å². The molecule has 0 saturated heterocycles. The first-order valence-electron chi connectivity index (χ1n) is 16.6. The molecule has 3 nitrogen and oxygen atoms in total. The van der Waals surface area contributed by atoms with Gasteiger partial charge in [-0.15, -0.1) is 0 Å². The Bertz CT molecular complexity index is 2500. The fourth-order valence-corrected chi connectivity index (χ4v) is 7.89. The molecule has 0 fully saturated rings. The first-order valence-corrected chi connectivity index (χ1v) is 16.6. The summed E-state index contributed by atoms with van der Waals surface area (Å²) in [6, 6.07) is 62.8. The maximum atomic E-state index is 9.57. The Morgan fingerprint density at radius 3 is 1.71 bits per heavy atom. The molecule has 9 rings (SSSR count). The highest BCUT2D eigenvalue weighted by Gasteiger charge is 2.46. The maximum absolute atomic E-state index is 9.57. The van der Waals surface area contributed by atoms with Crippen molar-refractivity contribution in [3.05, 3.63) is 198 Å². The van der Waals surface area contributed by atoms with Gasteiger partial charge in [0.15, 0.2) is 0 Å². The number of imidazole rings is 1. The minimum atomic E-state index is -0.501. The molecule has 0 unspecified atom stereocenters. The third-order valence-corrected chi connectivity index (χ3v) is 10.2. The summed E-state index contributed by atoms with van der Waals surface area (Å²) >= 11 is 0. The predicted octanol–water partition coefficient (Wildman–Crippen LogP) is 10.8. The van der Waals surface area contributed by atoms with E-state index in [9.17, 15) is 5.26 Å². The van der Waals surface area contributed by atoms with Gasteiger partial charge < -0.3 is 4.57 Å². The lowest BCUT2D eigenvalue weighted by molar-refractivity contribution is 0.769. The van der Waals surface area contributed by atoms with Gasteiger partial charge in [0.2, 0.25) is 0 Å². The van der Waals surface area contributed by atoms with Crippen molar-refractivity contribution in [1.82, 2.24) is 9.55 Å². The number of nitriles is 1. The van der Waals surface area contributed by atoms with Crippen molar-refractivity contribution in [3.8, 4) is 50.8 Å². The van der Waals surface area contributed by atoms with E-state index >= 15 is 0 Å². The molecule has 49 heavy (non-hydrogen) atoms. The largest absolute Gasteiger partial charge is 0.327 e. The minimum Gasteiger partial charge on any atom is -0.327 e. The number of rotatable bonds is 5. The third-order valence-electron chi connectivity index (χ3n) is 10.2. The van der Waals surface area contributed by atoms with Gasteiger partial charge >= 0.3 is 0 Å². The lowest BCUT2D eigenvalue weighted by Crippen LogP contribution is -2.28. The van der Waals surface area contributed by atoms with E-state index in [1.807, 2.05) is 18.2 Å². The van der Waals surface area contributed by atoms with E-state index in [2.05, 4.69) is 169 Å². The van der Waals surface area contributed by atoms with Crippen LogP contribution in [0.4, 0.5) is 0 Å². The number of benzene rings is 7. The Morgan fingerprint density at radius 2 is 1.06 bits per heavy atom. The molecule has 1 aliphatic rings. The van der Waals surface area contributed by atoms with Gasteiger partial charge in [0.25, 0.3) is 0 Å². The van der Waals surface area contributed by atoms with Gasteiger partial charge in [0.05, 0.1) is 28.1 Å². The van der Waals surface area contributed by atoms with Crippen LogP contribution in [-0.2, 0) is 12.5 Å². The van der Waals surface area contributed by atoms with Crippen LogP contribution in [0.25, 0.3) is 55.8 Å². The van der Waals surface area contributed by atoms with Crippen molar-refractivity contribution >= 4 is 11.0 Å². The smallest absolute Gasteiger partial charge is 0.140 e. The highest BCUT2D eigenvalue weighted by Crippen LogP contribution is 2.58. The number of hydrogen-bond donors (Lipinski definition) is 0. The summed E-state index contributed by atoms with van der Waals surface area (Å²) in [6.07, 6.45) is 0. The fraction of sp³-hybridized carbons (Fsp3) is 0.0435. The van der Waals surface area contributed by atoms with Crippen molar-refractivity contribution in [2.45, 2.75) is 5.41 Å². The lowest BCUT2D eigenvalue weighted by atomic mass is 9.67. The maximum Gasteiger partial charge on any atom is 0.140 e. The monoisotopic (exact) mass is 625 g/mol. The molecule has 1 aromatic heterocycles. The summed E-state index contributed by atoms with van der Waals surface area (Å²) < 4.78 is 2.16. The van der Waals surface area contributed by atoms with Crippen LogP contribution in [-0.4, -0.2) is 9.55 Å². The molecule has 8 aromatic rings. The number of para-hydroxylation sites is 2. The van der Waals surface area contributed by atoms with Crippen molar-refractivity contribution in [3.63, 3.8) is 0 Å². The summed E-state index contributed by atoms with van der Waals surface area (Å²) in [5.41, 5.74) is 15.3. The van der Waals surface area contributed by atoms with E-state index < -0.39 is 5.41 Å². The van der Waals surface area contributed by atoms with Gasteiger partial charge in [0.1, 0.15) is 5.82 Å². The molecular formula is C46H31N3. The summed E-state index contributed by atoms with van der Waals surface area (Å²) in [4.78, 5) is 4.96. The van der Waals surface area contributed by atoms with Crippen LogP contribution in [0.5, 0.6) is 0 Å². The second-order valence-corrected chi connectivity index (χ2v) is 12.7. The first kappa shape index (κ1) is 28.7. The summed E-state index contributed by atoms with van der Waals surface area (Å²) in [5, 5.41) is 9.57. The van der Waals surface area contributed by atoms with Gasteiger partial charge in [-0.25, -0.2) is 4.98 Å². The second-order valence-electron chi connectivity index (χ2n) is 12.7. The van der Waals surface area contributed by atoms with Crippen molar-refractivity contribution in [2.24, 2.45) is 7.05 Å². The molecular weight excluding hydrogens is 595 g/mol. The van der Waals surface area contributed by atoms with Crippen LogP contribution in [0.1, 0.15) is 27.8 Å². The van der Waals surface area contributed by atoms with Gasteiger partial charge in [0, 0.05) is 12.6 Å². The molecule has 0 atom stereocenters. The number of nitrogens with zero attached hydrogens (tertiary/aromatic N) is 3. The summed E-state index contributed by atoms with van der Waals surface area (Å²) in [5.74, 6) is 0.941. The lowest BCUT2D eigenvalue weighted by Gasteiger charge is -2.34. The van der Waals surface area contributed by atoms with Crippen LogP contribution in [0.3, 0.4) is 0 Å². The highest BCUT2D eigenvalue weighted by molar-refractivity contribution is 5.95. The quantitative estimate of drug-likeness (QED) is 0.191. The van der Waals surface area contributed by atoms with Crippen molar-refractivity contribution in [1.29, 1.82) is 5.26 Å². The van der Waals surface area contributed by atoms with Crippen LogP contribution >= 0.6 is 0 Å². The van der Waals surface area contributed by atoms with E-state index in [0.717, 1.165) is 44.7 Å². The highest BCUT2D eigenvalue weighted by atomic mass is 15.1. The van der Waals surface area contributed by atoms with E-state index in [1.54, 1.807) is 0 Å². The van der Waals surface area contributed by atoms with E-state index in [1.165, 1.54) is 33.4 Å². The number of fused-ring (bicyclic) bond motifs is 4. The molecule has 0 bridgehead atoms. The van der Waals surface area contributed by atoms with Crippen molar-refractivity contribution < 1.29 is 0 Å². The van der Waals surface area contributed by atoms with Crippen LogP contribution in [0, 0.1) is 11.3 Å². The Kier molecular flexibility index (Phi) is 6.64. The molecule has 0 N–H and O–H groups in total. The number of hydrogen-bond acceptors (Lipinski definition) is 2. The van der Waals surface area contributed by atoms with Gasteiger partial charge in [-0.2, -0.15) is 5.26 Å². The SMILES string of the molecule is Cn1c(-c2ccc(-c3cc4c(cc3-c3ccc(C#N)cc3)-c3ccccc3C4(c3ccccc3)c3ccccc3)cc2)nc2ccccc21. The van der Waals surface area contributed by atoms with Crippen LogP contribution in [0.2, 0.25) is 0 Å². The standard InChI is InChI=1S/C46H31N3/c1-49-44-19-11-10-18-43(44)48-45(49)34-26-24-33(25-27-34)39-29-42-40(28-38(39)32-22-20-31(30-47)21-23-32)37-16-8-9-17-41(37)46(42,35-12-4-2-5-13-35)36-14-6-3-7-15-36/h2-29H,1H3. The van der Waals surface area contributed by atoms with Gasteiger partial charge in [-0.1, -0.05) is 133 Å². The van der Waals surface area contributed by atoms with Crippen molar-refractivity contribution in [2.75, 3.05) is 0 Å². The fourth-order valence-electron chi connectivity index (χ4n) is 7.89. The molecule has 3 heteroatoms. The molecule has 0 saturated carbocycles. The molecule has 230 valence electrons. The van der Waals surface area contributed by atoms with E-state index in [4.69, 9.17) is 4.98 Å².